The summed E-state index contributed by atoms with van der Waals surface area (Å²) in [5, 5.41) is 11.3. The third kappa shape index (κ3) is 5.70. The van der Waals surface area contributed by atoms with Crippen LogP contribution in [0.3, 0.4) is 0 Å². The van der Waals surface area contributed by atoms with Crippen LogP contribution in [0.1, 0.15) is 25.3 Å². The van der Waals surface area contributed by atoms with Gasteiger partial charge in [-0.1, -0.05) is 30.3 Å². The molecule has 17 heavy (non-hydrogen) atoms. The number of nitrogens with one attached hydrogen (secondary N) is 1. The molecule has 92 valence electrons. The zero-order valence-corrected chi connectivity index (χ0v) is 9.85. The van der Waals surface area contributed by atoms with Crippen molar-refractivity contribution in [2.45, 2.75) is 32.2 Å². The van der Waals surface area contributed by atoms with E-state index in [0.717, 1.165) is 5.56 Å². The van der Waals surface area contributed by atoms with Gasteiger partial charge in [0.15, 0.2) is 0 Å². The highest BCUT2D eigenvalue weighted by atomic mass is 16.4. The molecule has 4 nitrogen and oxygen atoms in total. The number of aliphatic carboxylic acids is 1. The fourth-order valence-corrected chi connectivity index (χ4v) is 1.52. The Morgan fingerprint density at radius 3 is 2.53 bits per heavy atom. The summed E-state index contributed by atoms with van der Waals surface area (Å²) in [6.45, 7) is 1.81. The Balaban J connectivity index is 2.32. The van der Waals surface area contributed by atoms with E-state index in [9.17, 15) is 9.59 Å². The molecule has 0 saturated carbocycles. The average molecular weight is 235 g/mol. The van der Waals surface area contributed by atoms with E-state index in [2.05, 4.69) is 5.32 Å². The molecule has 0 saturated heterocycles. The van der Waals surface area contributed by atoms with E-state index in [1.165, 1.54) is 0 Å². The van der Waals surface area contributed by atoms with Crippen molar-refractivity contribution < 1.29 is 14.7 Å². The minimum absolute atomic E-state index is 0.0749. The molecular weight excluding hydrogens is 218 g/mol. The predicted molar refractivity (Wildman–Crippen MR) is 64.6 cm³/mol. The number of rotatable bonds is 6. The van der Waals surface area contributed by atoms with Crippen LogP contribution < -0.4 is 5.32 Å². The van der Waals surface area contributed by atoms with Gasteiger partial charge in [0.1, 0.15) is 0 Å². The van der Waals surface area contributed by atoms with Crippen LogP contribution in [0.2, 0.25) is 0 Å². The summed E-state index contributed by atoms with van der Waals surface area (Å²) in [7, 11) is 0. The standard InChI is InChI=1S/C13H17NO3/c1-10(7-8-13(16)17)14-12(15)9-11-5-3-2-4-6-11/h2-6,10H,7-9H2,1H3,(H,14,15)(H,16,17). The van der Waals surface area contributed by atoms with Gasteiger partial charge in [0.2, 0.25) is 5.91 Å². The molecule has 4 heteroatoms. The van der Waals surface area contributed by atoms with Crippen LogP contribution in [-0.4, -0.2) is 23.0 Å². The smallest absolute Gasteiger partial charge is 0.303 e. The largest absolute Gasteiger partial charge is 0.481 e. The van der Waals surface area contributed by atoms with Crippen molar-refractivity contribution in [2.75, 3.05) is 0 Å². The predicted octanol–water partition coefficient (Wildman–Crippen LogP) is 1.60. The molecule has 0 spiro atoms. The maximum Gasteiger partial charge on any atom is 0.303 e. The second kappa shape index (κ2) is 6.68. The summed E-state index contributed by atoms with van der Waals surface area (Å²) < 4.78 is 0. The molecule has 0 bridgehead atoms. The molecule has 0 aliphatic carbocycles. The molecule has 0 aliphatic heterocycles. The monoisotopic (exact) mass is 235 g/mol. The van der Waals surface area contributed by atoms with Crippen molar-refractivity contribution in [1.29, 1.82) is 0 Å². The number of hydrogen-bond acceptors (Lipinski definition) is 2. The van der Waals surface area contributed by atoms with Crippen LogP contribution in [0, 0.1) is 0 Å². The lowest BCUT2D eigenvalue weighted by Gasteiger charge is -2.12. The van der Waals surface area contributed by atoms with Crippen LogP contribution in [-0.2, 0) is 16.0 Å². The first-order valence-corrected chi connectivity index (χ1v) is 5.63. The number of benzene rings is 1. The fourth-order valence-electron chi connectivity index (χ4n) is 1.52. The molecular formula is C13H17NO3. The maximum absolute atomic E-state index is 11.6. The number of hydrogen-bond donors (Lipinski definition) is 2. The Kier molecular flexibility index (Phi) is 5.20. The van der Waals surface area contributed by atoms with Crippen molar-refractivity contribution in [3.05, 3.63) is 35.9 Å². The third-order valence-corrected chi connectivity index (χ3v) is 2.41. The first-order valence-electron chi connectivity index (χ1n) is 5.63. The van der Waals surface area contributed by atoms with Gasteiger partial charge in [0.25, 0.3) is 0 Å². The molecule has 2 N–H and O–H groups in total. The lowest BCUT2D eigenvalue weighted by atomic mass is 10.1. The Hall–Kier alpha value is -1.84. The average Bonchev–Trinajstić information content (AvgIpc) is 2.27. The first kappa shape index (κ1) is 13.2. The molecule has 1 amide bonds. The van der Waals surface area contributed by atoms with E-state index in [0.29, 0.717) is 12.8 Å². The van der Waals surface area contributed by atoms with E-state index in [-0.39, 0.29) is 18.4 Å². The van der Waals surface area contributed by atoms with Gasteiger partial charge in [0, 0.05) is 12.5 Å². The Bertz CT molecular complexity index is 376. The Morgan fingerprint density at radius 1 is 1.29 bits per heavy atom. The minimum atomic E-state index is -0.839. The van der Waals surface area contributed by atoms with Gasteiger partial charge in [-0.15, -0.1) is 0 Å². The summed E-state index contributed by atoms with van der Waals surface area (Å²) in [5.74, 6) is -0.914. The lowest BCUT2D eigenvalue weighted by Crippen LogP contribution is -2.34. The van der Waals surface area contributed by atoms with Crippen molar-refractivity contribution in [3.8, 4) is 0 Å². The van der Waals surface area contributed by atoms with Crippen molar-refractivity contribution in [3.63, 3.8) is 0 Å². The van der Waals surface area contributed by atoms with Gasteiger partial charge in [-0.2, -0.15) is 0 Å². The van der Waals surface area contributed by atoms with Crippen molar-refractivity contribution in [2.24, 2.45) is 0 Å². The highest BCUT2D eigenvalue weighted by Gasteiger charge is 2.09. The van der Waals surface area contributed by atoms with Crippen LogP contribution >= 0.6 is 0 Å². The normalized spacial score (nSPS) is 11.8. The lowest BCUT2D eigenvalue weighted by molar-refractivity contribution is -0.137. The van der Waals surface area contributed by atoms with Gasteiger partial charge in [0.05, 0.1) is 6.42 Å². The number of carbonyl (C=O) groups is 2. The maximum atomic E-state index is 11.6. The second-order valence-electron chi connectivity index (χ2n) is 4.06. The molecule has 0 aliphatic rings. The topological polar surface area (TPSA) is 66.4 Å². The minimum Gasteiger partial charge on any atom is -0.481 e. The Morgan fingerprint density at radius 2 is 1.94 bits per heavy atom. The summed E-state index contributed by atoms with van der Waals surface area (Å²) in [4.78, 5) is 22.0. The molecule has 1 rings (SSSR count). The zero-order chi connectivity index (χ0) is 12.7. The number of carboxylic acids is 1. The van der Waals surface area contributed by atoms with E-state index >= 15 is 0 Å². The molecule has 1 aromatic rings. The van der Waals surface area contributed by atoms with E-state index in [4.69, 9.17) is 5.11 Å². The van der Waals surface area contributed by atoms with Crippen LogP contribution in [0.5, 0.6) is 0 Å². The van der Waals surface area contributed by atoms with Gasteiger partial charge in [-0.05, 0) is 18.9 Å². The third-order valence-electron chi connectivity index (χ3n) is 2.41. The summed E-state index contributed by atoms with van der Waals surface area (Å²) in [6.07, 6.45) is 0.862. The van der Waals surface area contributed by atoms with E-state index in [1.54, 1.807) is 0 Å². The van der Waals surface area contributed by atoms with Crippen molar-refractivity contribution in [1.82, 2.24) is 5.32 Å². The van der Waals surface area contributed by atoms with Gasteiger partial charge in [-0.25, -0.2) is 0 Å². The number of carbonyl (C=O) groups excluding carboxylic acids is 1. The summed E-state index contributed by atoms with van der Waals surface area (Å²) >= 11 is 0. The molecule has 1 unspecified atom stereocenters. The molecule has 0 radical (unpaired) electrons. The quantitative estimate of drug-likeness (QED) is 0.787. The van der Waals surface area contributed by atoms with E-state index < -0.39 is 5.97 Å². The molecule has 0 heterocycles. The molecule has 0 fully saturated rings. The van der Waals surface area contributed by atoms with Crippen LogP contribution in [0.15, 0.2) is 30.3 Å². The highest BCUT2D eigenvalue weighted by Crippen LogP contribution is 2.01. The molecule has 1 atom stereocenters. The number of carboxylic acid groups (broad SMARTS) is 1. The zero-order valence-electron chi connectivity index (χ0n) is 9.85. The second-order valence-corrected chi connectivity index (χ2v) is 4.06. The van der Waals surface area contributed by atoms with Gasteiger partial charge >= 0.3 is 5.97 Å². The first-order chi connectivity index (χ1) is 8.08. The summed E-state index contributed by atoms with van der Waals surface area (Å²) in [5.41, 5.74) is 0.954. The fraction of sp³-hybridized carbons (Fsp3) is 0.385. The number of amides is 1. The Labute approximate surface area is 101 Å². The summed E-state index contributed by atoms with van der Waals surface area (Å²) in [6, 6.07) is 9.34. The molecule has 1 aromatic carbocycles. The highest BCUT2D eigenvalue weighted by molar-refractivity contribution is 5.78. The van der Waals surface area contributed by atoms with Crippen molar-refractivity contribution >= 4 is 11.9 Å². The SMILES string of the molecule is CC(CCC(=O)O)NC(=O)Cc1ccccc1. The van der Waals surface area contributed by atoms with Gasteiger partial charge in [-0.3, -0.25) is 9.59 Å². The molecule has 0 aromatic heterocycles. The van der Waals surface area contributed by atoms with Crippen LogP contribution in [0.25, 0.3) is 0 Å². The van der Waals surface area contributed by atoms with E-state index in [1.807, 2.05) is 37.3 Å². The van der Waals surface area contributed by atoms with Gasteiger partial charge < -0.3 is 10.4 Å². The van der Waals surface area contributed by atoms with Crippen LogP contribution in [0.4, 0.5) is 0 Å².